The smallest absolute Gasteiger partial charge is 0.307 e. The van der Waals surface area contributed by atoms with Gasteiger partial charge in [0.1, 0.15) is 5.75 Å². The number of hydrogen-bond donors (Lipinski definition) is 1. The quantitative estimate of drug-likeness (QED) is 0.847. The fourth-order valence-corrected chi connectivity index (χ4v) is 2.73. The number of hydrogen-bond acceptors (Lipinski definition) is 3. The highest BCUT2D eigenvalue weighted by Crippen LogP contribution is 2.33. The van der Waals surface area contributed by atoms with Crippen molar-refractivity contribution in [1.29, 1.82) is 0 Å². The van der Waals surface area contributed by atoms with Crippen LogP contribution in [0.25, 0.3) is 0 Å². The summed E-state index contributed by atoms with van der Waals surface area (Å²) in [6.07, 6.45) is 3.06. The average molecular weight is 262 g/mol. The number of ether oxygens (including phenoxy) is 1. The van der Waals surface area contributed by atoms with Gasteiger partial charge in [-0.1, -0.05) is 25.0 Å². The average Bonchev–Trinajstić information content (AvgIpc) is 2.46. The van der Waals surface area contributed by atoms with E-state index in [0.717, 1.165) is 12.8 Å². The van der Waals surface area contributed by atoms with E-state index in [1.165, 1.54) is 0 Å². The van der Waals surface area contributed by atoms with E-state index < -0.39 is 17.8 Å². The van der Waals surface area contributed by atoms with Crippen LogP contribution in [-0.2, 0) is 4.79 Å². The first-order valence-corrected chi connectivity index (χ1v) is 6.54. The molecule has 2 rings (SSSR count). The van der Waals surface area contributed by atoms with Crippen LogP contribution in [0.4, 0.5) is 0 Å². The molecule has 0 spiro atoms. The summed E-state index contributed by atoms with van der Waals surface area (Å²) < 4.78 is 5.10. The van der Waals surface area contributed by atoms with Gasteiger partial charge in [-0.25, -0.2) is 0 Å². The van der Waals surface area contributed by atoms with Gasteiger partial charge in [0.2, 0.25) is 0 Å². The van der Waals surface area contributed by atoms with Gasteiger partial charge in [-0.15, -0.1) is 0 Å². The molecule has 0 unspecified atom stereocenters. The second-order valence-electron chi connectivity index (χ2n) is 4.93. The first-order valence-electron chi connectivity index (χ1n) is 6.54. The minimum atomic E-state index is -0.860. The lowest BCUT2D eigenvalue weighted by Crippen LogP contribution is -2.32. The number of benzene rings is 1. The van der Waals surface area contributed by atoms with Crippen LogP contribution in [0.15, 0.2) is 24.3 Å². The van der Waals surface area contributed by atoms with Gasteiger partial charge in [0.05, 0.1) is 13.0 Å². The zero-order valence-electron chi connectivity index (χ0n) is 11.0. The van der Waals surface area contributed by atoms with Crippen LogP contribution >= 0.6 is 0 Å². The van der Waals surface area contributed by atoms with Crippen LogP contribution in [0, 0.1) is 11.8 Å². The number of Topliss-reactive ketones (excluding diaryl/α,β-unsaturated/α-hetero) is 1. The van der Waals surface area contributed by atoms with Gasteiger partial charge >= 0.3 is 5.97 Å². The molecule has 0 aromatic heterocycles. The Labute approximate surface area is 112 Å². The van der Waals surface area contributed by atoms with E-state index >= 15 is 0 Å². The van der Waals surface area contributed by atoms with Crippen molar-refractivity contribution in [2.24, 2.45) is 11.8 Å². The Morgan fingerprint density at radius 3 is 2.53 bits per heavy atom. The van der Waals surface area contributed by atoms with Crippen LogP contribution in [0.1, 0.15) is 36.0 Å². The van der Waals surface area contributed by atoms with Gasteiger partial charge < -0.3 is 9.84 Å². The van der Waals surface area contributed by atoms with Gasteiger partial charge in [0, 0.05) is 11.5 Å². The topological polar surface area (TPSA) is 63.6 Å². The van der Waals surface area contributed by atoms with Crippen LogP contribution in [-0.4, -0.2) is 24.0 Å². The van der Waals surface area contributed by atoms with Gasteiger partial charge in [0.15, 0.2) is 5.78 Å². The van der Waals surface area contributed by atoms with Crippen LogP contribution < -0.4 is 4.74 Å². The second kappa shape index (κ2) is 5.87. The SMILES string of the molecule is COc1cccc(C(=O)[C@H]2CCCC[C@H]2C(=O)O)c1. The summed E-state index contributed by atoms with van der Waals surface area (Å²) in [5.41, 5.74) is 0.539. The number of carboxylic acids is 1. The van der Waals surface area contributed by atoms with Crippen molar-refractivity contribution in [1.82, 2.24) is 0 Å². The number of aliphatic carboxylic acids is 1. The van der Waals surface area contributed by atoms with Gasteiger partial charge in [-0.05, 0) is 25.0 Å². The van der Waals surface area contributed by atoms with Crippen molar-refractivity contribution in [2.75, 3.05) is 7.11 Å². The normalized spacial score (nSPS) is 22.8. The first-order chi connectivity index (χ1) is 9.13. The van der Waals surface area contributed by atoms with Crippen LogP contribution in [0.3, 0.4) is 0 Å². The van der Waals surface area contributed by atoms with E-state index in [9.17, 15) is 14.7 Å². The summed E-state index contributed by atoms with van der Waals surface area (Å²) in [5, 5.41) is 9.23. The lowest BCUT2D eigenvalue weighted by Gasteiger charge is -2.27. The van der Waals surface area contributed by atoms with E-state index in [0.29, 0.717) is 24.2 Å². The van der Waals surface area contributed by atoms with Gasteiger partial charge in [-0.2, -0.15) is 0 Å². The zero-order valence-corrected chi connectivity index (χ0v) is 11.0. The molecular weight excluding hydrogens is 244 g/mol. The highest BCUT2D eigenvalue weighted by molar-refractivity contribution is 6.00. The molecule has 1 N–H and O–H groups in total. The van der Waals surface area contributed by atoms with E-state index in [-0.39, 0.29) is 5.78 Å². The minimum absolute atomic E-state index is 0.0778. The fraction of sp³-hybridized carbons (Fsp3) is 0.467. The molecule has 1 fully saturated rings. The number of rotatable bonds is 4. The molecule has 1 aromatic rings. The van der Waals surface area contributed by atoms with Gasteiger partial charge in [0.25, 0.3) is 0 Å². The number of carbonyl (C=O) groups is 2. The Kier molecular flexibility index (Phi) is 4.20. The maximum absolute atomic E-state index is 12.5. The molecule has 0 bridgehead atoms. The maximum Gasteiger partial charge on any atom is 0.307 e. The Morgan fingerprint density at radius 2 is 1.89 bits per heavy atom. The molecule has 1 aromatic carbocycles. The summed E-state index contributed by atoms with van der Waals surface area (Å²) in [6, 6.07) is 6.92. The van der Waals surface area contributed by atoms with Crippen LogP contribution in [0.5, 0.6) is 5.75 Å². The monoisotopic (exact) mass is 262 g/mol. The fourth-order valence-electron chi connectivity index (χ4n) is 2.73. The third-order valence-electron chi connectivity index (χ3n) is 3.77. The summed E-state index contributed by atoms with van der Waals surface area (Å²) in [7, 11) is 1.55. The molecule has 4 nitrogen and oxygen atoms in total. The first kappa shape index (κ1) is 13.6. The lowest BCUT2D eigenvalue weighted by molar-refractivity contribution is -0.144. The zero-order chi connectivity index (χ0) is 13.8. The molecule has 0 heterocycles. The largest absolute Gasteiger partial charge is 0.497 e. The number of ketones is 1. The molecule has 19 heavy (non-hydrogen) atoms. The minimum Gasteiger partial charge on any atom is -0.497 e. The lowest BCUT2D eigenvalue weighted by atomic mass is 9.75. The molecule has 102 valence electrons. The molecule has 0 aliphatic heterocycles. The highest BCUT2D eigenvalue weighted by atomic mass is 16.5. The van der Waals surface area contributed by atoms with Crippen molar-refractivity contribution in [3.63, 3.8) is 0 Å². The van der Waals surface area contributed by atoms with Crippen molar-refractivity contribution in [2.45, 2.75) is 25.7 Å². The predicted molar refractivity (Wildman–Crippen MR) is 70.4 cm³/mol. The molecule has 1 saturated carbocycles. The third-order valence-corrected chi connectivity index (χ3v) is 3.77. The Hall–Kier alpha value is -1.84. The number of methoxy groups -OCH3 is 1. The second-order valence-corrected chi connectivity index (χ2v) is 4.93. The molecule has 1 aliphatic carbocycles. The van der Waals surface area contributed by atoms with E-state index in [2.05, 4.69) is 0 Å². The van der Waals surface area contributed by atoms with E-state index in [4.69, 9.17) is 4.74 Å². The molecule has 2 atom stereocenters. The summed E-state index contributed by atoms with van der Waals surface area (Å²) in [4.78, 5) is 23.7. The number of carboxylic acid groups (broad SMARTS) is 1. The number of carbonyl (C=O) groups excluding carboxylic acids is 1. The summed E-state index contributed by atoms with van der Waals surface area (Å²) in [6.45, 7) is 0. The van der Waals surface area contributed by atoms with E-state index in [1.54, 1.807) is 31.4 Å². The molecule has 1 aliphatic rings. The molecule has 0 amide bonds. The Morgan fingerprint density at radius 1 is 1.21 bits per heavy atom. The Balaban J connectivity index is 2.23. The summed E-state index contributed by atoms with van der Waals surface area (Å²) >= 11 is 0. The van der Waals surface area contributed by atoms with Crippen molar-refractivity contribution in [3.8, 4) is 5.75 Å². The molecular formula is C15H18O4. The Bertz CT molecular complexity index is 481. The van der Waals surface area contributed by atoms with Crippen LogP contribution in [0.2, 0.25) is 0 Å². The molecule has 0 saturated heterocycles. The standard InChI is InChI=1S/C15H18O4/c1-19-11-6-4-5-10(9-11)14(16)12-7-2-3-8-13(12)15(17)18/h4-6,9,12-13H,2-3,7-8H2,1H3,(H,17,18)/t12-,13+/m0/s1. The van der Waals surface area contributed by atoms with Crippen molar-refractivity contribution >= 4 is 11.8 Å². The highest BCUT2D eigenvalue weighted by Gasteiger charge is 2.35. The van der Waals surface area contributed by atoms with Crippen molar-refractivity contribution in [3.05, 3.63) is 29.8 Å². The maximum atomic E-state index is 12.5. The third kappa shape index (κ3) is 2.95. The molecule has 4 heteroatoms. The van der Waals surface area contributed by atoms with Crippen molar-refractivity contribution < 1.29 is 19.4 Å². The van der Waals surface area contributed by atoms with E-state index in [1.807, 2.05) is 0 Å². The molecule has 0 radical (unpaired) electrons. The predicted octanol–water partition coefficient (Wildman–Crippen LogP) is 2.77. The van der Waals surface area contributed by atoms with Gasteiger partial charge in [-0.3, -0.25) is 9.59 Å². The summed E-state index contributed by atoms with van der Waals surface area (Å²) in [5.74, 6) is -1.27.